The van der Waals surface area contributed by atoms with Gasteiger partial charge in [-0.1, -0.05) is 0 Å². The molecule has 146 valence electrons. The van der Waals surface area contributed by atoms with Gasteiger partial charge in [0, 0.05) is 42.2 Å². The summed E-state index contributed by atoms with van der Waals surface area (Å²) in [6, 6.07) is 3.86. The topological polar surface area (TPSA) is 61.9 Å². The van der Waals surface area contributed by atoms with Gasteiger partial charge < -0.3 is 9.88 Å². The van der Waals surface area contributed by atoms with Crippen molar-refractivity contribution in [3.8, 4) is 0 Å². The number of carbonyl (C=O) groups excluding carboxylic acids is 1. The Morgan fingerprint density at radius 1 is 1.25 bits per heavy atom. The number of rotatable bonds is 2. The Hall–Kier alpha value is -2.64. The van der Waals surface area contributed by atoms with Crippen LogP contribution in [0.25, 0.3) is 21.9 Å². The molecule has 1 unspecified atom stereocenters. The van der Waals surface area contributed by atoms with E-state index >= 15 is 0 Å². The van der Waals surface area contributed by atoms with E-state index in [2.05, 4.69) is 15.0 Å². The smallest absolute Gasteiger partial charge is 0.360 e. The summed E-state index contributed by atoms with van der Waals surface area (Å²) >= 11 is 0. The highest BCUT2D eigenvalue weighted by Gasteiger charge is 2.69. The molecule has 1 aliphatic carbocycles. The van der Waals surface area contributed by atoms with Crippen molar-refractivity contribution in [1.29, 1.82) is 0 Å². The number of alkyl halides is 3. The van der Waals surface area contributed by atoms with Crippen molar-refractivity contribution in [3.05, 3.63) is 36.3 Å². The molecule has 5 rings (SSSR count). The lowest BCUT2D eigenvalue weighted by atomic mass is 9.87. The van der Waals surface area contributed by atoms with E-state index in [1.807, 2.05) is 18.3 Å². The quantitative estimate of drug-likeness (QED) is 0.717. The van der Waals surface area contributed by atoms with Crippen LogP contribution in [0.3, 0.4) is 0 Å². The first kappa shape index (κ1) is 17.5. The van der Waals surface area contributed by atoms with Crippen molar-refractivity contribution in [2.75, 3.05) is 13.1 Å². The third-order valence-corrected chi connectivity index (χ3v) is 6.17. The normalized spacial score (nSPS) is 22.0. The minimum Gasteiger partial charge on any atom is -0.360 e. The van der Waals surface area contributed by atoms with Crippen LogP contribution < -0.4 is 0 Å². The molecule has 1 N–H and O–H groups in total. The minimum atomic E-state index is -4.47. The lowest BCUT2D eigenvalue weighted by Gasteiger charge is -2.36. The molecule has 8 heteroatoms. The van der Waals surface area contributed by atoms with E-state index in [1.165, 1.54) is 4.90 Å². The number of fused-ring (bicyclic) bond motifs is 3. The van der Waals surface area contributed by atoms with Gasteiger partial charge in [0.25, 0.3) is 0 Å². The molecule has 3 aromatic rings. The summed E-state index contributed by atoms with van der Waals surface area (Å²) in [5.74, 6) is -0.766. The number of carbonyl (C=O) groups is 1. The van der Waals surface area contributed by atoms with E-state index in [0.29, 0.717) is 25.2 Å². The van der Waals surface area contributed by atoms with Crippen molar-refractivity contribution in [2.45, 2.75) is 37.8 Å². The number of hydrogen-bond acceptors (Lipinski definition) is 3. The first-order valence-electron chi connectivity index (χ1n) is 9.47. The fourth-order valence-electron chi connectivity index (χ4n) is 4.49. The Kier molecular flexibility index (Phi) is 3.70. The average molecular weight is 388 g/mol. The Balaban J connectivity index is 1.51. The van der Waals surface area contributed by atoms with Crippen molar-refractivity contribution < 1.29 is 18.0 Å². The first-order valence-corrected chi connectivity index (χ1v) is 9.47. The average Bonchev–Trinajstić information content (AvgIpc) is 3.38. The third-order valence-electron chi connectivity index (χ3n) is 6.17. The van der Waals surface area contributed by atoms with Gasteiger partial charge in [0.15, 0.2) is 5.65 Å². The summed E-state index contributed by atoms with van der Waals surface area (Å²) in [5.41, 5.74) is 0.388. The minimum absolute atomic E-state index is 0.0145. The van der Waals surface area contributed by atoms with E-state index in [1.54, 1.807) is 12.4 Å². The Bertz CT molecular complexity index is 1070. The van der Waals surface area contributed by atoms with Crippen LogP contribution in [0.4, 0.5) is 13.2 Å². The van der Waals surface area contributed by atoms with Crippen LogP contribution in [-0.2, 0) is 4.79 Å². The molecule has 0 radical (unpaired) electrons. The van der Waals surface area contributed by atoms with Crippen LogP contribution in [0.2, 0.25) is 0 Å². The Morgan fingerprint density at radius 3 is 2.82 bits per heavy atom. The summed E-state index contributed by atoms with van der Waals surface area (Å²) < 4.78 is 40.2. The summed E-state index contributed by atoms with van der Waals surface area (Å²) in [4.78, 5) is 25.9. The molecule has 2 fully saturated rings. The molecule has 1 aliphatic heterocycles. The fourth-order valence-corrected chi connectivity index (χ4v) is 4.49. The van der Waals surface area contributed by atoms with E-state index in [4.69, 9.17) is 0 Å². The monoisotopic (exact) mass is 388 g/mol. The summed E-state index contributed by atoms with van der Waals surface area (Å²) in [6.07, 6.45) is 2.12. The van der Waals surface area contributed by atoms with Crippen molar-refractivity contribution in [1.82, 2.24) is 19.9 Å². The number of aromatic amines is 1. The number of pyridine rings is 2. The first-order chi connectivity index (χ1) is 13.4. The Labute approximate surface area is 158 Å². The van der Waals surface area contributed by atoms with Crippen molar-refractivity contribution in [2.24, 2.45) is 5.41 Å². The van der Waals surface area contributed by atoms with E-state index in [0.717, 1.165) is 28.3 Å². The number of nitrogens with zero attached hydrogens (tertiary/aromatic N) is 3. The third kappa shape index (κ3) is 2.50. The van der Waals surface area contributed by atoms with Gasteiger partial charge in [-0.25, -0.2) is 9.97 Å². The number of hydrogen-bond donors (Lipinski definition) is 1. The lowest BCUT2D eigenvalue weighted by Crippen LogP contribution is -2.47. The van der Waals surface area contributed by atoms with Crippen molar-refractivity contribution >= 4 is 27.8 Å². The molecule has 4 heterocycles. The number of nitrogens with one attached hydrogen (secondary N) is 1. The lowest BCUT2D eigenvalue weighted by molar-refractivity contribution is -0.199. The van der Waals surface area contributed by atoms with Crippen LogP contribution in [0.1, 0.15) is 37.2 Å². The van der Waals surface area contributed by atoms with E-state index in [9.17, 15) is 18.0 Å². The summed E-state index contributed by atoms with van der Waals surface area (Å²) in [5, 5.41) is 1.91. The zero-order valence-electron chi connectivity index (χ0n) is 15.1. The number of H-pyrrole nitrogens is 1. The second-order valence-electron chi connectivity index (χ2n) is 7.83. The zero-order chi connectivity index (χ0) is 19.5. The van der Waals surface area contributed by atoms with Crippen LogP contribution in [0, 0.1) is 5.41 Å². The number of aromatic nitrogens is 3. The van der Waals surface area contributed by atoms with Gasteiger partial charge in [-0.2, -0.15) is 13.2 Å². The van der Waals surface area contributed by atoms with Crippen LogP contribution in [0.15, 0.2) is 30.7 Å². The summed E-state index contributed by atoms with van der Waals surface area (Å²) in [7, 11) is 0. The number of piperidine rings is 1. The van der Waals surface area contributed by atoms with E-state index < -0.39 is 17.5 Å². The van der Waals surface area contributed by atoms with Crippen LogP contribution in [-0.4, -0.2) is 45.0 Å². The maximum absolute atomic E-state index is 13.4. The predicted molar refractivity (Wildman–Crippen MR) is 97.7 cm³/mol. The van der Waals surface area contributed by atoms with Crippen LogP contribution in [0.5, 0.6) is 0 Å². The molecule has 28 heavy (non-hydrogen) atoms. The van der Waals surface area contributed by atoms with Gasteiger partial charge in [-0.15, -0.1) is 0 Å². The summed E-state index contributed by atoms with van der Waals surface area (Å²) in [6.45, 7) is 0.701. The zero-order valence-corrected chi connectivity index (χ0v) is 15.1. The molecule has 1 saturated carbocycles. The highest BCUT2D eigenvalue weighted by molar-refractivity contribution is 6.05. The number of likely N-dealkylation sites (tertiary alicyclic amines) is 1. The molecule has 2 aliphatic rings. The number of halogens is 3. The van der Waals surface area contributed by atoms with Crippen LogP contribution >= 0.6 is 0 Å². The van der Waals surface area contributed by atoms with Gasteiger partial charge in [-0.3, -0.25) is 4.79 Å². The molecular weight excluding hydrogens is 369 g/mol. The predicted octanol–water partition coefficient (Wildman–Crippen LogP) is 4.16. The standard InChI is InChI=1S/C20H19F3N4O/c21-20(22,23)19(5-6-19)18(28)27-9-1-2-12(11-27)13-3-7-24-15-10-26-17-14(16(13)15)4-8-25-17/h3-4,7-8,10,12,24H,1-2,5-6,9,11H2. The maximum atomic E-state index is 13.4. The molecule has 1 saturated heterocycles. The molecule has 1 amide bonds. The second kappa shape index (κ2) is 5.93. The van der Waals surface area contributed by atoms with Gasteiger partial charge in [0.05, 0.1) is 11.7 Å². The van der Waals surface area contributed by atoms with Gasteiger partial charge in [-0.05, 0) is 43.4 Å². The largest absolute Gasteiger partial charge is 0.403 e. The van der Waals surface area contributed by atoms with Gasteiger partial charge in [0.1, 0.15) is 5.41 Å². The Morgan fingerprint density at radius 2 is 2.07 bits per heavy atom. The SMILES string of the molecule is O=C(N1CCCC(c2cc[nH]c3cnc4nccc4c23)C1)C1(C(F)(F)F)CC1. The highest BCUT2D eigenvalue weighted by atomic mass is 19.4. The van der Waals surface area contributed by atoms with Gasteiger partial charge in [0.2, 0.25) is 5.91 Å². The van der Waals surface area contributed by atoms with E-state index in [-0.39, 0.29) is 18.8 Å². The molecule has 1 atom stereocenters. The molecule has 0 aromatic carbocycles. The fraction of sp³-hybridized carbons (Fsp3) is 0.450. The molecule has 0 spiro atoms. The highest BCUT2D eigenvalue weighted by Crippen LogP contribution is 2.59. The number of amides is 1. The molecule has 3 aromatic heterocycles. The van der Waals surface area contributed by atoms with Crippen molar-refractivity contribution in [3.63, 3.8) is 0 Å². The second-order valence-corrected chi connectivity index (χ2v) is 7.83. The van der Waals surface area contributed by atoms with Gasteiger partial charge >= 0.3 is 6.18 Å². The molecule has 5 nitrogen and oxygen atoms in total. The molecule has 0 bridgehead atoms. The maximum Gasteiger partial charge on any atom is 0.403 e. The molecular formula is C20H19F3N4O.